The summed E-state index contributed by atoms with van der Waals surface area (Å²) in [7, 11) is 0. The standard InChI is InChI=1S/C6H11FN/c1-2-8-4-3-6(7)5-8/h6H,1-5H2/t6-/m1/s1. The van der Waals surface area contributed by atoms with Crippen molar-refractivity contribution in [2.75, 3.05) is 19.6 Å². The molecule has 1 nitrogen and oxygen atoms in total. The van der Waals surface area contributed by atoms with Crippen LogP contribution in [0.15, 0.2) is 0 Å². The minimum Gasteiger partial charge on any atom is -0.300 e. The van der Waals surface area contributed by atoms with Crippen molar-refractivity contribution in [2.45, 2.75) is 12.6 Å². The third kappa shape index (κ3) is 1.19. The van der Waals surface area contributed by atoms with Gasteiger partial charge in [0.15, 0.2) is 0 Å². The second-order valence-electron chi connectivity index (χ2n) is 2.19. The van der Waals surface area contributed by atoms with Gasteiger partial charge in [-0.25, -0.2) is 4.39 Å². The predicted octanol–water partition coefficient (Wildman–Crippen LogP) is 0.864. The first-order valence-electron chi connectivity index (χ1n) is 2.98. The van der Waals surface area contributed by atoms with Gasteiger partial charge >= 0.3 is 0 Å². The van der Waals surface area contributed by atoms with Crippen LogP contribution < -0.4 is 0 Å². The van der Waals surface area contributed by atoms with E-state index in [4.69, 9.17) is 0 Å². The quantitative estimate of drug-likeness (QED) is 0.491. The van der Waals surface area contributed by atoms with Crippen molar-refractivity contribution >= 4 is 0 Å². The molecule has 1 saturated heterocycles. The fourth-order valence-corrected chi connectivity index (χ4v) is 0.988. The Morgan fingerprint density at radius 1 is 1.75 bits per heavy atom. The van der Waals surface area contributed by atoms with Crippen molar-refractivity contribution in [1.29, 1.82) is 0 Å². The maximum Gasteiger partial charge on any atom is 0.114 e. The van der Waals surface area contributed by atoms with Crippen LogP contribution in [0.4, 0.5) is 4.39 Å². The first kappa shape index (κ1) is 6.02. The molecule has 0 aliphatic carbocycles. The Labute approximate surface area is 49.5 Å². The number of hydrogen-bond donors (Lipinski definition) is 0. The SMILES string of the molecule is [CH2]CN1CC[C@@H](F)C1. The van der Waals surface area contributed by atoms with Gasteiger partial charge in [0.2, 0.25) is 0 Å². The van der Waals surface area contributed by atoms with Crippen molar-refractivity contribution in [3.8, 4) is 0 Å². The van der Waals surface area contributed by atoms with E-state index in [0.717, 1.165) is 13.1 Å². The van der Waals surface area contributed by atoms with E-state index in [0.29, 0.717) is 13.0 Å². The summed E-state index contributed by atoms with van der Waals surface area (Å²) in [6, 6.07) is 0. The molecule has 1 fully saturated rings. The summed E-state index contributed by atoms with van der Waals surface area (Å²) >= 11 is 0. The molecule has 47 valence electrons. The molecule has 0 unspecified atom stereocenters. The predicted molar refractivity (Wildman–Crippen MR) is 31.3 cm³/mol. The largest absolute Gasteiger partial charge is 0.300 e. The highest BCUT2D eigenvalue weighted by Crippen LogP contribution is 2.10. The molecule has 0 N–H and O–H groups in total. The van der Waals surface area contributed by atoms with Gasteiger partial charge in [-0.2, -0.15) is 0 Å². The lowest BCUT2D eigenvalue weighted by Crippen LogP contribution is -2.20. The third-order valence-corrected chi connectivity index (χ3v) is 1.53. The van der Waals surface area contributed by atoms with Gasteiger partial charge in [-0.1, -0.05) is 0 Å². The summed E-state index contributed by atoms with van der Waals surface area (Å²) in [5, 5.41) is 0. The minimum atomic E-state index is -0.586. The molecule has 0 aromatic heterocycles. The number of rotatable bonds is 1. The van der Waals surface area contributed by atoms with Crippen LogP contribution in [-0.4, -0.2) is 30.7 Å². The van der Waals surface area contributed by atoms with Crippen LogP contribution in [0.3, 0.4) is 0 Å². The van der Waals surface area contributed by atoms with E-state index in [1.54, 1.807) is 0 Å². The zero-order chi connectivity index (χ0) is 5.98. The van der Waals surface area contributed by atoms with Gasteiger partial charge in [0.25, 0.3) is 0 Å². The van der Waals surface area contributed by atoms with Gasteiger partial charge < -0.3 is 4.90 Å². The molecule has 0 amide bonds. The molecule has 0 aromatic rings. The van der Waals surface area contributed by atoms with Crippen LogP contribution in [0.1, 0.15) is 6.42 Å². The Morgan fingerprint density at radius 2 is 2.50 bits per heavy atom. The minimum absolute atomic E-state index is 0.586. The molecule has 1 aliphatic heterocycles. The van der Waals surface area contributed by atoms with Gasteiger partial charge in [0.1, 0.15) is 6.17 Å². The number of halogens is 1. The maximum absolute atomic E-state index is 12.3. The van der Waals surface area contributed by atoms with Gasteiger partial charge in [-0.3, -0.25) is 0 Å². The molecule has 8 heavy (non-hydrogen) atoms. The van der Waals surface area contributed by atoms with E-state index in [9.17, 15) is 4.39 Å². The fraction of sp³-hybridized carbons (Fsp3) is 0.833. The van der Waals surface area contributed by atoms with E-state index >= 15 is 0 Å². The Morgan fingerprint density at radius 3 is 2.75 bits per heavy atom. The summed E-state index contributed by atoms with van der Waals surface area (Å²) in [5.74, 6) is 0. The molecule has 1 radical (unpaired) electrons. The molecule has 1 aliphatic rings. The van der Waals surface area contributed by atoms with Crippen LogP contribution in [0.2, 0.25) is 0 Å². The monoisotopic (exact) mass is 116 g/mol. The average molecular weight is 116 g/mol. The first-order valence-corrected chi connectivity index (χ1v) is 2.98. The number of alkyl halides is 1. The van der Waals surface area contributed by atoms with Crippen molar-refractivity contribution in [2.24, 2.45) is 0 Å². The molecule has 1 rings (SSSR count). The fourth-order valence-electron chi connectivity index (χ4n) is 0.988. The third-order valence-electron chi connectivity index (χ3n) is 1.53. The van der Waals surface area contributed by atoms with E-state index < -0.39 is 6.17 Å². The molecule has 0 bridgehead atoms. The Bertz CT molecular complexity index is 74.9. The Balaban J connectivity index is 2.22. The Hall–Kier alpha value is -0.110. The molecule has 2 heteroatoms. The second kappa shape index (κ2) is 2.44. The lowest BCUT2D eigenvalue weighted by atomic mass is 10.3. The molecule has 0 spiro atoms. The van der Waals surface area contributed by atoms with Crippen molar-refractivity contribution < 1.29 is 4.39 Å². The lowest BCUT2D eigenvalue weighted by molar-refractivity contribution is 0.305. The van der Waals surface area contributed by atoms with E-state index in [1.165, 1.54) is 0 Å². The topological polar surface area (TPSA) is 3.24 Å². The summed E-state index contributed by atoms with van der Waals surface area (Å²) in [5.41, 5.74) is 0. The molecule has 1 heterocycles. The zero-order valence-corrected chi connectivity index (χ0v) is 4.94. The normalized spacial score (nSPS) is 31.5. The second-order valence-corrected chi connectivity index (χ2v) is 2.19. The highest BCUT2D eigenvalue weighted by Gasteiger charge is 2.19. The van der Waals surface area contributed by atoms with Crippen molar-refractivity contribution in [3.05, 3.63) is 6.92 Å². The van der Waals surface area contributed by atoms with Crippen molar-refractivity contribution in [1.82, 2.24) is 4.90 Å². The molecule has 0 saturated carbocycles. The summed E-state index contributed by atoms with van der Waals surface area (Å²) in [4.78, 5) is 2.02. The summed E-state index contributed by atoms with van der Waals surface area (Å²) < 4.78 is 12.3. The zero-order valence-electron chi connectivity index (χ0n) is 4.94. The molecule has 0 aromatic carbocycles. The van der Waals surface area contributed by atoms with Crippen LogP contribution in [0.5, 0.6) is 0 Å². The van der Waals surface area contributed by atoms with Gasteiger partial charge in [0.05, 0.1) is 0 Å². The maximum atomic E-state index is 12.3. The van der Waals surface area contributed by atoms with E-state index in [1.807, 2.05) is 4.90 Å². The van der Waals surface area contributed by atoms with E-state index in [2.05, 4.69) is 6.92 Å². The average Bonchev–Trinajstić information content (AvgIpc) is 2.14. The highest BCUT2D eigenvalue weighted by atomic mass is 19.1. The number of likely N-dealkylation sites (tertiary alicyclic amines) is 1. The number of hydrogen-bond acceptors (Lipinski definition) is 1. The van der Waals surface area contributed by atoms with Crippen LogP contribution in [0.25, 0.3) is 0 Å². The first-order chi connectivity index (χ1) is 3.83. The molecule has 1 atom stereocenters. The summed E-state index contributed by atoms with van der Waals surface area (Å²) in [6.45, 7) is 5.91. The van der Waals surface area contributed by atoms with E-state index in [-0.39, 0.29) is 0 Å². The summed E-state index contributed by atoms with van der Waals surface area (Å²) in [6.07, 6.45) is 0.118. The van der Waals surface area contributed by atoms with Crippen molar-refractivity contribution in [3.63, 3.8) is 0 Å². The van der Waals surface area contributed by atoms with Gasteiger partial charge in [-0.05, 0) is 19.9 Å². The lowest BCUT2D eigenvalue weighted by Gasteiger charge is -2.08. The van der Waals surface area contributed by atoms with Gasteiger partial charge in [-0.15, -0.1) is 0 Å². The van der Waals surface area contributed by atoms with Gasteiger partial charge in [0, 0.05) is 13.1 Å². The molecular weight excluding hydrogens is 105 g/mol. The van der Waals surface area contributed by atoms with Crippen LogP contribution in [-0.2, 0) is 0 Å². The number of nitrogens with zero attached hydrogens (tertiary/aromatic N) is 1. The smallest absolute Gasteiger partial charge is 0.114 e. The molecular formula is C6H11FN. The van der Waals surface area contributed by atoms with Crippen LogP contribution >= 0.6 is 0 Å². The van der Waals surface area contributed by atoms with Crippen LogP contribution in [0, 0.1) is 6.92 Å². The highest BCUT2D eigenvalue weighted by molar-refractivity contribution is 4.74. The Kier molecular flexibility index (Phi) is 1.84.